The van der Waals surface area contributed by atoms with Crippen molar-refractivity contribution in [2.24, 2.45) is 0 Å². The summed E-state index contributed by atoms with van der Waals surface area (Å²) in [7, 11) is -1.56. The lowest BCUT2D eigenvalue weighted by atomic mass is 10.1. The van der Waals surface area contributed by atoms with Gasteiger partial charge in [0.25, 0.3) is 0 Å². The molecule has 0 spiro atoms. The highest BCUT2D eigenvalue weighted by atomic mass is 28.3. The highest BCUT2D eigenvalue weighted by Crippen LogP contribution is 2.13. The van der Waals surface area contributed by atoms with Crippen LogP contribution in [0.5, 0.6) is 0 Å². The molecule has 0 aromatic rings. The zero-order chi connectivity index (χ0) is 19.8. The smallest absolute Gasteiger partial charge is 0.321 e. The van der Waals surface area contributed by atoms with Gasteiger partial charge >= 0.3 is 9.28 Å². The van der Waals surface area contributed by atoms with Crippen molar-refractivity contribution in [1.82, 2.24) is 0 Å². The first-order chi connectivity index (χ1) is 13.3. The Morgan fingerprint density at radius 2 is 0.889 bits per heavy atom. The van der Waals surface area contributed by atoms with Gasteiger partial charge in [-0.15, -0.1) is 0 Å². The summed E-state index contributed by atoms with van der Waals surface area (Å²) in [6.07, 6.45) is 16.6. The lowest BCUT2D eigenvalue weighted by Crippen LogP contribution is -2.26. The third kappa shape index (κ3) is 22.2. The molecule has 0 aliphatic carbocycles. The van der Waals surface area contributed by atoms with Crippen LogP contribution in [0, 0.1) is 0 Å². The van der Waals surface area contributed by atoms with Crippen LogP contribution >= 0.6 is 0 Å². The fraction of sp³-hybridized carbons (Fsp3) is 1.00. The predicted molar refractivity (Wildman–Crippen MR) is 118 cm³/mol. The number of hydrogen-bond donors (Lipinski definition) is 0. The highest BCUT2D eigenvalue weighted by molar-refractivity contribution is 6.44. The van der Waals surface area contributed by atoms with Gasteiger partial charge in [-0.3, -0.25) is 0 Å². The SMILES string of the molecule is CCCCCCCCCCCCCC[SiH](OCCOCC)OCCOCC. The van der Waals surface area contributed by atoms with E-state index in [-0.39, 0.29) is 0 Å². The standard InChI is InChI=1S/C22H48O4Si/c1-4-7-8-9-10-11-12-13-14-15-16-17-22-27(25-20-18-23-5-2)26-21-19-24-6-3/h27H,4-22H2,1-3H3. The summed E-state index contributed by atoms with van der Waals surface area (Å²) < 4.78 is 22.6. The molecule has 0 aromatic carbocycles. The van der Waals surface area contributed by atoms with Gasteiger partial charge in [0.15, 0.2) is 0 Å². The van der Waals surface area contributed by atoms with Crippen LogP contribution in [0.3, 0.4) is 0 Å². The molecule has 0 heterocycles. The van der Waals surface area contributed by atoms with Crippen molar-refractivity contribution in [1.29, 1.82) is 0 Å². The lowest BCUT2D eigenvalue weighted by molar-refractivity contribution is 0.0748. The molecule has 0 saturated carbocycles. The fourth-order valence-corrected chi connectivity index (χ4v) is 4.90. The molecule has 27 heavy (non-hydrogen) atoms. The van der Waals surface area contributed by atoms with Crippen molar-refractivity contribution in [3.8, 4) is 0 Å². The van der Waals surface area contributed by atoms with E-state index in [9.17, 15) is 0 Å². The Bertz CT molecular complexity index is 255. The molecule has 0 aliphatic rings. The largest absolute Gasteiger partial charge is 0.394 e. The predicted octanol–water partition coefficient (Wildman–Crippen LogP) is 6.01. The van der Waals surface area contributed by atoms with Crippen LogP contribution in [-0.2, 0) is 18.3 Å². The van der Waals surface area contributed by atoms with E-state index in [1.807, 2.05) is 13.8 Å². The summed E-state index contributed by atoms with van der Waals surface area (Å²) in [5.41, 5.74) is 0. The second-order valence-corrected chi connectivity index (χ2v) is 9.35. The van der Waals surface area contributed by atoms with E-state index in [1.54, 1.807) is 0 Å². The summed E-state index contributed by atoms with van der Waals surface area (Å²) >= 11 is 0. The minimum Gasteiger partial charge on any atom is -0.394 e. The van der Waals surface area contributed by atoms with Crippen molar-refractivity contribution in [3.63, 3.8) is 0 Å². The van der Waals surface area contributed by atoms with E-state index in [4.69, 9.17) is 18.3 Å². The molecule has 0 amide bonds. The van der Waals surface area contributed by atoms with Crippen molar-refractivity contribution in [2.75, 3.05) is 39.6 Å². The summed E-state index contributed by atoms with van der Waals surface area (Å²) in [5.74, 6) is 0. The minimum atomic E-state index is -1.56. The molecular weight excluding hydrogens is 356 g/mol. The fourth-order valence-electron chi connectivity index (χ4n) is 3.13. The van der Waals surface area contributed by atoms with Gasteiger partial charge in [0.1, 0.15) is 0 Å². The van der Waals surface area contributed by atoms with Crippen LogP contribution in [0.25, 0.3) is 0 Å². The molecule has 5 heteroatoms. The van der Waals surface area contributed by atoms with Crippen LogP contribution in [0.1, 0.15) is 97.8 Å². The van der Waals surface area contributed by atoms with Crippen molar-refractivity contribution in [2.45, 2.75) is 104 Å². The normalized spacial score (nSPS) is 11.6. The van der Waals surface area contributed by atoms with Crippen molar-refractivity contribution >= 4 is 9.28 Å². The van der Waals surface area contributed by atoms with Gasteiger partial charge in [-0.1, -0.05) is 84.0 Å². The summed E-state index contributed by atoms with van der Waals surface area (Å²) in [5, 5.41) is 0. The summed E-state index contributed by atoms with van der Waals surface area (Å²) in [6, 6.07) is 1.11. The third-order valence-corrected chi connectivity index (χ3v) is 6.86. The van der Waals surface area contributed by atoms with E-state index in [0.717, 1.165) is 19.3 Å². The van der Waals surface area contributed by atoms with Crippen LogP contribution in [0.2, 0.25) is 6.04 Å². The molecule has 0 radical (unpaired) electrons. The Kier molecular flexibility index (Phi) is 24.1. The Hall–Kier alpha value is 0.0569. The van der Waals surface area contributed by atoms with Crippen molar-refractivity contribution in [3.05, 3.63) is 0 Å². The average Bonchev–Trinajstić information content (AvgIpc) is 2.68. The van der Waals surface area contributed by atoms with Gasteiger partial charge in [-0.25, -0.2) is 0 Å². The van der Waals surface area contributed by atoms with Gasteiger partial charge in [0.2, 0.25) is 0 Å². The molecule has 4 nitrogen and oxygen atoms in total. The molecule has 0 rings (SSSR count). The summed E-state index contributed by atoms with van der Waals surface area (Å²) in [6.45, 7) is 10.5. The first-order valence-electron chi connectivity index (χ1n) is 11.7. The second-order valence-electron chi connectivity index (χ2n) is 7.24. The quantitative estimate of drug-likeness (QED) is 0.154. The molecule has 0 saturated heterocycles. The first-order valence-corrected chi connectivity index (χ1v) is 13.5. The number of ether oxygens (including phenoxy) is 2. The molecule has 0 N–H and O–H groups in total. The molecule has 0 atom stereocenters. The molecule has 0 unspecified atom stereocenters. The molecule has 0 aromatic heterocycles. The monoisotopic (exact) mass is 404 g/mol. The van der Waals surface area contributed by atoms with Crippen LogP contribution < -0.4 is 0 Å². The molecular formula is C22H48O4Si. The Morgan fingerprint density at radius 1 is 0.481 bits per heavy atom. The number of unbranched alkanes of at least 4 members (excludes halogenated alkanes) is 11. The second kappa shape index (κ2) is 24.1. The van der Waals surface area contributed by atoms with E-state index in [0.29, 0.717) is 26.4 Å². The Labute approximate surface area is 171 Å². The number of rotatable bonds is 23. The van der Waals surface area contributed by atoms with Gasteiger partial charge < -0.3 is 18.3 Å². The van der Waals surface area contributed by atoms with E-state index < -0.39 is 9.28 Å². The lowest BCUT2D eigenvalue weighted by Gasteiger charge is -2.17. The Morgan fingerprint density at radius 3 is 1.30 bits per heavy atom. The van der Waals surface area contributed by atoms with Gasteiger partial charge in [-0.2, -0.15) is 0 Å². The zero-order valence-corrected chi connectivity index (χ0v) is 19.8. The number of hydrogen-bond acceptors (Lipinski definition) is 4. The van der Waals surface area contributed by atoms with E-state index in [1.165, 1.54) is 77.0 Å². The van der Waals surface area contributed by atoms with Gasteiger partial charge in [0.05, 0.1) is 26.4 Å². The van der Waals surface area contributed by atoms with Crippen LogP contribution in [-0.4, -0.2) is 48.9 Å². The van der Waals surface area contributed by atoms with Gasteiger partial charge in [0, 0.05) is 13.2 Å². The molecule has 0 bridgehead atoms. The van der Waals surface area contributed by atoms with Crippen LogP contribution in [0.15, 0.2) is 0 Å². The van der Waals surface area contributed by atoms with Gasteiger partial charge in [-0.05, 0) is 19.9 Å². The van der Waals surface area contributed by atoms with E-state index >= 15 is 0 Å². The van der Waals surface area contributed by atoms with Crippen molar-refractivity contribution < 1.29 is 18.3 Å². The maximum Gasteiger partial charge on any atom is 0.321 e. The topological polar surface area (TPSA) is 36.9 Å². The molecule has 0 aliphatic heterocycles. The van der Waals surface area contributed by atoms with E-state index in [2.05, 4.69) is 6.92 Å². The van der Waals surface area contributed by atoms with Crippen LogP contribution in [0.4, 0.5) is 0 Å². The molecule has 0 fully saturated rings. The minimum absolute atomic E-state index is 0.664. The first kappa shape index (κ1) is 27.1. The summed E-state index contributed by atoms with van der Waals surface area (Å²) in [4.78, 5) is 0. The third-order valence-electron chi connectivity index (χ3n) is 4.76. The maximum absolute atomic E-state index is 5.96. The highest BCUT2D eigenvalue weighted by Gasteiger charge is 2.13. The maximum atomic E-state index is 5.96. The average molecular weight is 405 g/mol. The molecule has 164 valence electrons. The Balaban J connectivity index is 3.54. The zero-order valence-electron chi connectivity index (χ0n) is 18.6.